The number of anilines is 2. The van der Waals surface area contributed by atoms with Gasteiger partial charge < -0.3 is 19.9 Å². The van der Waals surface area contributed by atoms with Gasteiger partial charge in [-0.05, 0) is 50.4 Å². The molecule has 0 radical (unpaired) electrons. The van der Waals surface area contributed by atoms with Gasteiger partial charge >= 0.3 is 0 Å². The summed E-state index contributed by atoms with van der Waals surface area (Å²) in [4.78, 5) is 21.2. The number of pyridine rings is 1. The number of nitrogens with one attached hydrogen (secondary N) is 1. The fourth-order valence-corrected chi connectivity index (χ4v) is 2.70. The van der Waals surface area contributed by atoms with E-state index in [4.69, 9.17) is 4.74 Å². The minimum atomic E-state index is -0.710. The van der Waals surface area contributed by atoms with Gasteiger partial charge in [-0.25, -0.2) is 9.37 Å². The summed E-state index contributed by atoms with van der Waals surface area (Å²) < 4.78 is 18.4. The molecule has 0 unspecified atom stereocenters. The van der Waals surface area contributed by atoms with E-state index in [1.165, 1.54) is 24.3 Å². The minimum Gasteiger partial charge on any atom is -0.481 e. The second-order valence-electron chi connectivity index (χ2n) is 6.40. The Balaban J connectivity index is 1.54. The van der Waals surface area contributed by atoms with Gasteiger partial charge in [0.1, 0.15) is 17.4 Å². The van der Waals surface area contributed by atoms with Crippen LogP contribution in [0.4, 0.5) is 15.9 Å². The summed E-state index contributed by atoms with van der Waals surface area (Å²) in [5.41, 5.74) is 0.613. The topological polar surface area (TPSA) is 57.7 Å². The van der Waals surface area contributed by atoms with Crippen LogP contribution >= 0.6 is 0 Å². The molecule has 1 amide bonds. The molecule has 1 saturated heterocycles. The lowest BCUT2D eigenvalue weighted by Gasteiger charge is -2.33. The van der Waals surface area contributed by atoms with Gasteiger partial charge in [-0.3, -0.25) is 4.79 Å². The van der Waals surface area contributed by atoms with Crippen LogP contribution in [0.3, 0.4) is 0 Å². The maximum atomic E-state index is 12.9. The first-order valence-corrected chi connectivity index (χ1v) is 8.64. The van der Waals surface area contributed by atoms with E-state index in [0.29, 0.717) is 11.4 Å². The lowest BCUT2D eigenvalue weighted by molar-refractivity contribution is -0.122. The number of likely N-dealkylation sites (N-methyl/N-ethyl adjacent to an activating group) is 1. The lowest BCUT2D eigenvalue weighted by Crippen LogP contribution is -2.44. The third-order valence-corrected chi connectivity index (χ3v) is 4.34. The van der Waals surface area contributed by atoms with E-state index < -0.39 is 6.10 Å². The van der Waals surface area contributed by atoms with Crippen molar-refractivity contribution in [2.24, 2.45) is 0 Å². The van der Waals surface area contributed by atoms with E-state index in [1.54, 1.807) is 13.1 Å². The van der Waals surface area contributed by atoms with Crippen molar-refractivity contribution in [2.75, 3.05) is 43.4 Å². The Kier molecular flexibility index (Phi) is 5.68. The van der Waals surface area contributed by atoms with Crippen LogP contribution in [-0.2, 0) is 4.79 Å². The Bertz CT molecular complexity index is 728. The molecule has 0 saturated carbocycles. The zero-order chi connectivity index (χ0) is 18.5. The minimum absolute atomic E-state index is 0.288. The van der Waals surface area contributed by atoms with Gasteiger partial charge in [0, 0.05) is 26.2 Å². The number of aromatic nitrogens is 1. The van der Waals surface area contributed by atoms with Crippen molar-refractivity contribution < 1.29 is 13.9 Å². The zero-order valence-corrected chi connectivity index (χ0v) is 15.0. The van der Waals surface area contributed by atoms with Gasteiger partial charge in [-0.2, -0.15) is 0 Å². The van der Waals surface area contributed by atoms with E-state index in [2.05, 4.69) is 27.1 Å². The van der Waals surface area contributed by atoms with Crippen molar-refractivity contribution >= 4 is 17.4 Å². The Morgan fingerprint density at radius 2 is 1.85 bits per heavy atom. The average molecular weight is 358 g/mol. The Morgan fingerprint density at radius 1 is 1.15 bits per heavy atom. The van der Waals surface area contributed by atoms with E-state index in [0.717, 1.165) is 32.0 Å². The van der Waals surface area contributed by atoms with Gasteiger partial charge in [0.15, 0.2) is 6.10 Å². The molecule has 138 valence electrons. The van der Waals surface area contributed by atoms with Crippen molar-refractivity contribution in [3.8, 4) is 5.75 Å². The summed E-state index contributed by atoms with van der Waals surface area (Å²) in [6.45, 7) is 5.55. The van der Waals surface area contributed by atoms with E-state index in [1.807, 2.05) is 12.1 Å². The van der Waals surface area contributed by atoms with Crippen LogP contribution in [0.15, 0.2) is 42.6 Å². The molecule has 1 aliphatic heterocycles. The van der Waals surface area contributed by atoms with Crippen LogP contribution in [0.2, 0.25) is 0 Å². The van der Waals surface area contributed by atoms with Crippen molar-refractivity contribution in [2.45, 2.75) is 13.0 Å². The molecular weight excluding hydrogens is 335 g/mol. The number of benzene rings is 1. The van der Waals surface area contributed by atoms with Crippen LogP contribution in [0.25, 0.3) is 0 Å². The largest absolute Gasteiger partial charge is 0.481 e. The number of halogens is 1. The van der Waals surface area contributed by atoms with Crippen molar-refractivity contribution in [1.82, 2.24) is 9.88 Å². The molecule has 0 bridgehead atoms. The number of carbonyl (C=O) groups is 1. The number of hydrogen-bond donors (Lipinski definition) is 1. The zero-order valence-electron chi connectivity index (χ0n) is 15.0. The number of ether oxygens (including phenoxy) is 1. The molecule has 1 fully saturated rings. The van der Waals surface area contributed by atoms with Crippen molar-refractivity contribution in [3.63, 3.8) is 0 Å². The van der Waals surface area contributed by atoms with Crippen LogP contribution in [-0.4, -0.2) is 55.1 Å². The Labute approximate surface area is 152 Å². The van der Waals surface area contributed by atoms with Crippen LogP contribution in [0, 0.1) is 5.82 Å². The number of hydrogen-bond acceptors (Lipinski definition) is 5. The molecule has 1 atom stereocenters. The summed E-state index contributed by atoms with van der Waals surface area (Å²) in [7, 11) is 2.11. The molecule has 26 heavy (non-hydrogen) atoms. The Morgan fingerprint density at radius 3 is 2.46 bits per heavy atom. The fourth-order valence-electron chi connectivity index (χ4n) is 2.70. The highest BCUT2D eigenvalue weighted by molar-refractivity contribution is 5.94. The molecule has 2 heterocycles. The third-order valence-electron chi connectivity index (χ3n) is 4.34. The number of carbonyl (C=O) groups excluding carboxylic acids is 1. The first kappa shape index (κ1) is 18.1. The summed E-state index contributed by atoms with van der Waals surface area (Å²) in [5.74, 6) is 0.716. The molecule has 7 heteroatoms. The molecular formula is C19H23FN4O2. The number of amides is 1. The Hall–Kier alpha value is -2.67. The molecule has 1 N–H and O–H groups in total. The number of piperazine rings is 1. The van der Waals surface area contributed by atoms with Gasteiger partial charge in [0.2, 0.25) is 0 Å². The maximum Gasteiger partial charge on any atom is 0.265 e. The van der Waals surface area contributed by atoms with Gasteiger partial charge in [-0.15, -0.1) is 0 Å². The molecule has 1 aromatic heterocycles. The highest BCUT2D eigenvalue weighted by atomic mass is 19.1. The predicted octanol–water partition coefficient (Wildman–Crippen LogP) is 2.38. The van der Waals surface area contributed by atoms with Gasteiger partial charge in [-0.1, -0.05) is 0 Å². The van der Waals surface area contributed by atoms with E-state index in [9.17, 15) is 9.18 Å². The third kappa shape index (κ3) is 4.70. The molecule has 6 nitrogen and oxygen atoms in total. The smallest absolute Gasteiger partial charge is 0.265 e. The summed E-state index contributed by atoms with van der Waals surface area (Å²) in [6.07, 6.45) is 0.939. The first-order chi connectivity index (χ1) is 12.5. The van der Waals surface area contributed by atoms with E-state index in [-0.39, 0.29) is 11.7 Å². The molecule has 0 aliphatic carbocycles. The van der Waals surface area contributed by atoms with Crippen molar-refractivity contribution in [3.05, 3.63) is 48.4 Å². The molecule has 0 spiro atoms. The SMILES string of the molecule is C[C@@H](Oc1ccc(F)cc1)C(=O)Nc1ccc(N2CCN(C)CC2)nc1. The fraction of sp³-hybridized carbons (Fsp3) is 0.368. The predicted molar refractivity (Wildman–Crippen MR) is 99.1 cm³/mol. The highest BCUT2D eigenvalue weighted by Crippen LogP contribution is 2.17. The summed E-state index contributed by atoms with van der Waals surface area (Å²) in [6, 6.07) is 9.31. The second-order valence-corrected chi connectivity index (χ2v) is 6.40. The second kappa shape index (κ2) is 8.14. The normalized spacial score (nSPS) is 16.2. The quantitative estimate of drug-likeness (QED) is 0.889. The van der Waals surface area contributed by atoms with Crippen molar-refractivity contribution in [1.29, 1.82) is 0 Å². The first-order valence-electron chi connectivity index (χ1n) is 8.64. The van der Waals surface area contributed by atoms with Gasteiger partial charge in [0.25, 0.3) is 5.91 Å². The van der Waals surface area contributed by atoms with E-state index >= 15 is 0 Å². The molecule has 1 aliphatic rings. The number of nitrogens with zero attached hydrogens (tertiary/aromatic N) is 3. The molecule has 2 aromatic rings. The molecule has 3 rings (SSSR count). The average Bonchev–Trinajstić information content (AvgIpc) is 2.65. The van der Waals surface area contributed by atoms with Crippen LogP contribution < -0.4 is 15.0 Å². The number of rotatable bonds is 5. The monoisotopic (exact) mass is 358 g/mol. The lowest BCUT2D eigenvalue weighted by atomic mass is 10.3. The summed E-state index contributed by atoms with van der Waals surface area (Å²) in [5, 5.41) is 2.78. The maximum absolute atomic E-state index is 12.9. The molecule has 1 aromatic carbocycles. The van der Waals surface area contributed by atoms with Gasteiger partial charge in [0.05, 0.1) is 11.9 Å². The summed E-state index contributed by atoms with van der Waals surface area (Å²) >= 11 is 0. The highest BCUT2D eigenvalue weighted by Gasteiger charge is 2.17. The van der Waals surface area contributed by atoms with Crippen LogP contribution in [0.5, 0.6) is 5.75 Å². The standard InChI is InChI=1S/C19H23FN4O2/c1-14(26-17-6-3-15(20)4-7-17)19(25)22-16-5-8-18(21-13-16)24-11-9-23(2)10-12-24/h3-8,13-14H,9-12H2,1-2H3,(H,22,25)/t14-/m1/s1. The van der Waals surface area contributed by atoms with Crippen LogP contribution in [0.1, 0.15) is 6.92 Å².